The minimum Gasteiger partial charge on any atom is -0.508 e. The summed E-state index contributed by atoms with van der Waals surface area (Å²) in [4.78, 5) is 8.95. The Bertz CT molecular complexity index is 608. The van der Waals surface area contributed by atoms with E-state index >= 15 is 0 Å². The fourth-order valence-electron chi connectivity index (χ4n) is 3.02. The van der Waals surface area contributed by atoms with Crippen molar-refractivity contribution < 1.29 is 5.11 Å². The summed E-state index contributed by atoms with van der Waals surface area (Å²) in [6.45, 7) is 2.00. The molecule has 4 heteroatoms. The van der Waals surface area contributed by atoms with Gasteiger partial charge < -0.3 is 10.4 Å². The minimum atomic E-state index is -0.0370. The van der Waals surface area contributed by atoms with Crippen molar-refractivity contribution >= 4 is 5.95 Å². The predicted octanol–water partition coefficient (Wildman–Crippen LogP) is 4.01. The Labute approximate surface area is 125 Å². The van der Waals surface area contributed by atoms with Crippen molar-refractivity contribution in [2.75, 3.05) is 5.32 Å². The molecule has 2 N–H and O–H groups in total. The summed E-state index contributed by atoms with van der Waals surface area (Å²) in [5, 5.41) is 13.2. The third-order valence-corrected chi connectivity index (χ3v) is 4.20. The number of hydrogen-bond acceptors (Lipinski definition) is 4. The van der Waals surface area contributed by atoms with E-state index in [-0.39, 0.29) is 6.04 Å². The topological polar surface area (TPSA) is 58.0 Å². The molecule has 1 fully saturated rings. The molecule has 3 rings (SSSR count). The monoisotopic (exact) mass is 283 g/mol. The Balaban J connectivity index is 1.75. The molecular weight excluding hydrogens is 262 g/mol. The highest BCUT2D eigenvalue weighted by Gasteiger charge is 2.19. The number of anilines is 1. The van der Waals surface area contributed by atoms with Gasteiger partial charge in [-0.25, -0.2) is 9.97 Å². The smallest absolute Gasteiger partial charge is 0.223 e. The van der Waals surface area contributed by atoms with Gasteiger partial charge in [0.1, 0.15) is 5.75 Å². The first kappa shape index (κ1) is 13.9. The fourth-order valence-corrected chi connectivity index (χ4v) is 3.02. The number of rotatable bonds is 4. The van der Waals surface area contributed by atoms with E-state index in [0.29, 0.717) is 17.6 Å². The van der Waals surface area contributed by atoms with Crippen LogP contribution in [-0.4, -0.2) is 15.1 Å². The van der Waals surface area contributed by atoms with Gasteiger partial charge in [0.25, 0.3) is 0 Å². The van der Waals surface area contributed by atoms with Crippen LogP contribution in [0.5, 0.6) is 5.75 Å². The van der Waals surface area contributed by atoms with Crippen LogP contribution in [0.3, 0.4) is 0 Å². The fraction of sp³-hybridized carbons (Fsp3) is 0.412. The Morgan fingerprint density at radius 1 is 1.19 bits per heavy atom. The van der Waals surface area contributed by atoms with Gasteiger partial charge in [-0.1, -0.05) is 31.0 Å². The second kappa shape index (κ2) is 6.12. The second-order valence-corrected chi connectivity index (χ2v) is 5.71. The zero-order valence-electron chi connectivity index (χ0n) is 12.3. The van der Waals surface area contributed by atoms with E-state index < -0.39 is 0 Å². The van der Waals surface area contributed by atoms with Crippen molar-refractivity contribution in [1.29, 1.82) is 0 Å². The lowest BCUT2D eigenvalue weighted by atomic mass is 10.0. The van der Waals surface area contributed by atoms with Crippen LogP contribution in [-0.2, 0) is 0 Å². The number of aromatic nitrogens is 2. The molecule has 0 radical (unpaired) electrons. The zero-order valence-corrected chi connectivity index (χ0v) is 12.3. The molecule has 0 unspecified atom stereocenters. The summed E-state index contributed by atoms with van der Waals surface area (Å²) >= 11 is 0. The van der Waals surface area contributed by atoms with Gasteiger partial charge in [-0.2, -0.15) is 0 Å². The van der Waals surface area contributed by atoms with E-state index in [1.165, 1.54) is 25.7 Å². The molecule has 1 aromatic carbocycles. The van der Waals surface area contributed by atoms with E-state index in [1.54, 1.807) is 6.07 Å². The molecule has 21 heavy (non-hydrogen) atoms. The van der Waals surface area contributed by atoms with Crippen molar-refractivity contribution in [2.45, 2.75) is 44.6 Å². The number of phenolic OH excluding ortho intramolecular Hbond substituents is 1. The normalized spacial score (nSPS) is 16.8. The maximum atomic E-state index is 9.91. The highest BCUT2D eigenvalue weighted by Crippen LogP contribution is 2.33. The summed E-state index contributed by atoms with van der Waals surface area (Å²) in [5.41, 5.74) is 1.99. The largest absolute Gasteiger partial charge is 0.508 e. The number of aromatic hydroxyl groups is 1. The number of nitrogens with one attached hydrogen (secondary N) is 1. The highest BCUT2D eigenvalue weighted by atomic mass is 16.3. The van der Waals surface area contributed by atoms with Gasteiger partial charge in [0.2, 0.25) is 5.95 Å². The lowest BCUT2D eigenvalue weighted by Crippen LogP contribution is -2.11. The van der Waals surface area contributed by atoms with Crippen molar-refractivity contribution in [1.82, 2.24) is 9.97 Å². The SMILES string of the molecule is C[C@H](Nc1nccc(C2CCCC2)n1)c1ccccc1O. The molecule has 0 spiro atoms. The third-order valence-electron chi connectivity index (χ3n) is 4.20. The summed E-state index contributed by atoms with van der Waals surface area (Å²) in [7, 11) is 0. The van der Waals surface area contributed by atoms with Gasteiger partial charge >= 0.3 is 0 Å². The van der Waals surface area contributed by atoms with Gasteiger partial charge in [0.05, 0.1) is 6.04 Å². The second-order valence-electron chi connectivity index (χ2n) is 5.71. The van der Waals surface area contributed by atoms with Gasteiger partial charge in [-0.3, -0.25) is 0 Å². The Morgan fingerprint density at radius 3 is 2.71 bits per heavy atom. The standard InChI is InChI=1S/C17H21N3O/c1-12(14-8-4-5-9-16(14)21)19-17-18-11-10-15(20-17)13-6-2-3-7-13/h4-5,8-13,21H,2-3,6-7H2,1H3,(H,18,19,20)/t12-/m0/s1. The van der Waals surface area contributed by atoms with E-state index in [1.807, 2.05) is 37.4 Å². The molecule has 0 aliphatic heterocycles. The maximum absolute atomic E-state index is 9.91. The van der Waals surface area contributed by atoms with Crippen LogP contribution < -0.4 is 5.32 Å². The van der Waals surface area contributed by atoms with Gasteiger partial charge in [-0.15, -0.1) is 0 Å². The third kappa shape index (κ3) is 3.15. The van der Waals surface area contributed by atoms with Crippen molar-refractivity contribution in [3.05, 3.63) is 47.8 Å². The lowest BCUT2D eigenvalue weighted by molar-refractivity contribution is 0.465. The molecule has 0 saturated heterocycles. The molecular formula is C17H21N3O. The zero-order chi connectivity index (χ0) is 14.7. The highest BCUT2D eigenvalue weighted by molar-refractivity contribution is 5.39. The number of hydrogen-bond donors (Lipinski definition) is 2. The summed E-state index contributed by atoms with van der Waals surface area (Å²) in [6.07, 6.45) is 6.87. The molecule has 1 saturated carbocycles. The first-order chi connectivity index (χ1) is 10.2. The van der Waals surface area contributed by atoms with Crippen LogP contribution in [0.4, 0.5) is 5.95 Å². The molecule has 1 aliphatic rings. The lowest BCUT2D eigenvalue weighted by Gasteiger charge is -2.16. The minimum absolute atomic E-state index is 0.0370. The average molecular weight is 283 g/mol. The summed E-state index contributed by atoms with van der Waals surface area (Å²) in [5.74, 6) is 1.51. The van der Waals surface area contributed by atoms with Crippen LogP contribution in [0.25, 0.3) is 0 Å². The molecule has 0 amide bonds. The predicted molar refractivity (Wildman–Crippen MR) is 83.4 cm³/mol. The Hall–Kier alpha value is -2.10. The molecule has 1 aromatic heterocycles. The first-order valence-corrected chi connectivity index (χ1v) is 7.61. The van der Waals surface area contributed by atoms with E-state index in [9.17, 15) is 5.11 Å². The van der Waals surface area contributed by atoms with Crippen LogP contribution in [0, 0.1) is 0 Å². The van der Waals surface area contributed by atoms with Crippen LogP contribution in [0.2, 0.25) is 0 Å². The van der Waals surface area contributed by atoms with Crippen molar-refractivity contribution in [3.8, 4) is 5.75 Å². The number of para-hydroxylation sites is 1. The van der Waals surface area contributed by atoms with E-state index in [0.717, 1.165) is 11.3 Å². The van der Waals surface area contributed by atoms with Crippen LogP contribution in [0.15, 0.2) is 36.5 Å². The van der Waals surface area contributed by atoms with Gasteiger partial charge in [0, 0.05) is 23.4 Å². The molecule has 1 atom stereocenters. The summed E-state index contributed by atoms with van der Waals surface area (Å²) < 4.78 is 0. The summed E-state index contributed by atoms with van der Waals surface area (Å²) in [6, 6.07) is 9.33. The van der Waals surface area contributed by atoms with Crippen molar-refractivity contribution in [2.24, 2.45) is 0 Å². The molecule has 0 bridgehead atoms. The molecule has 1 aliphatic carbocycles. The van der Waals surface area contributed by atoms with Crippen molar-refractivity contribution in [3.63, 3.8) is 0 Å². The average Bonchev–Trinajstić information content (AvgIpc) is 3.02. The first-order valence-electron chi connectivity index (χ1n) is 7.61. The number of benzene rings is 1. The number of phenols is 1. The van der Waals surface area contributed by atoms with Crippen LogP contribution in [0.1, 0.15) is 55.8 Å². The van der Waals surface area contributed by atoms with Gasteiger partial charge in [0.15, 0.2) is 0 Å². The quantitative estimate of drug-likeness (QED) is 0.890. The Morgan fingerprint density at radius 2 is 1.95 bits per heavy atom. The van der Waals surface area contributed by atoms with Gasteiger partial charge in [-0.05, 0) is 31.9 Å². The molecule has 2 aromatic rings. The maximum Gasteiger partial charge on any atom is 0.223 e. The molecule has 4 nitrogen and oxygen atoms in total. The molecule has 1 heterocycles. The number of nitrogens with zero attached hydrogens (tertiary/aromatic N) is 2. The molecule has 110 valence electrons. The van der Waals surface area contributed by atoms with E-state index in [4.69, 9.17) is 0 Å². The van der Waals surface area contributed by atoms with E-state index in [2.05, 4.69) is 15.3 Å². The Kier molecular flexibility index (Phi) is 4.04. The van der Waals surface area contributed by atoms with Crippen LogP contribution >= 0.6 is 0 Å².